The van der Waals surface area contributed by atoms with E-state index >= 15 is 0 Å². The lowest BCUT2D eigenvalue weighted by Gasteiger charge is -1.82. The molecule has 0 amide bonds. The van der Waals surface area contributed by atoms with E-state index in [1.807, 2.05) is 0 Å². The fraction of sp³-hybridized carbons (Fsp3) is 0. The maximum absolute atomic E-state index is 10.2. The summed E-state index contributed by atoms with van der Waals surface area (Å²) in [7, 11) is 0. The lowest BCUT2D eigenvalue weighted by atomic mass is 10.3. The third kappa shape index (κ3) is 1.37. The van der Waals surface area contributed by atoms with Crippen molar-refractivity contribution in [2.75, 3.05) is 0 Å². The van der Waals surface area contributed by atoms with Gasteiger partial charge in [0.1, 0.15) is 5.69 Å². The number of carboxylic acid groups (broad SMARTS) is 2. The average molecular weight is 155 g/mol. The molecule has 1 heterocycles. The Labute approximate surface area is 61.3 Å². The van der Waals surface area contributed by atoms with Crippen LogP contribution in [0.1, 0.15) is 20.8 Å². The Kier molecular flexibility index (Phi) is 1.63. The molecule has 0 saturated carbocycles. The summed E-state index contributed by atoms with van der Waals surface area (Å²) in [5, 5.41) is 16.7. The third-order valence-corrected chi connectivity index (χ3v) is 1.16. The number of rotatable bonds is 2. The highest BCUT2D eigenvalue weighted by Gasteiger charge is 2.09. The third-order valence-electron chi connectivity index (χ3n) is 1.16. The zero-order valence-corrected chi connectivity index (χ0v) is 5.37. The summed E-state index contributed by atoms with van der Waals surface area (Å²) in [5.74, 6) is -2.31. The van der Waals surface area contributed by atoms with E-state index in [4.69, 9.17) is 10.2 Å². The van der Waals surface area contributed by atoms with Crippen LogP contribution in [0.15, 0.2) is 12.3 Å². The van der Waals surface area contributed by atoms with E-state index in [0.717, 1.165) is 12.3 Å². The summed E-state index contributed by atoms with van der Waals surface area (Å²) >= 11 is 0. The Morgan fingerprint density at radius 1 is 1.27 bits per heavy atom. The summed E-state index contributed by atoms with van der Waals surface area (Å²) in [6.07, 6.45) is 1.13. The molecule has 58 valence electrons. The first-order valence-electron chi connectivity index (χ1n) is 2.76. The second-order valence-electron chi connectivity index (χ2n) is 1.91. The molecule has 5 heteroatoms. The average Bonchev–Trinajstić information content (AvgIpc) is 2.33. The van der Waals surface area contributed by atoms with Crippen molar-refractivity contribution in [3.05, 3.63) is 23.5 Å². The number of aromatic amines is 1. The van der Waals surface area contributed by atoms with Crippen molar-refractivity contribution in [3.63, 3.8) is 0 Å². The van der Waals surface area contributed by atoms with Crippen LogP contribution in [0.25, 0.3) is 0 Å². The maximum atomic E-state index is 10.2. The molecule has 0 atom stereocenters. The second-order valence-corrected chi connectivity index (χ2v) is 1.91. The van der Waals surface area contributed by atoms with Crippen LogP contribution in [0.2, 0.25) is 0 Å². The van der Waals surface area contributed by atoms with Crippen molar-refractivity contribution >= 4 is 11.9 Å². The van der Waals surface area contributed by atoms with Gasteiger partial charge in [-0.05, 0) is 6.07 Å². The Bertz CT molecular complexity index is 273. The topological polar surface area (TPSA) is 90.4 Å². The Hall–Kier alpha value is -1.78. The molecule has 5 nitrogen and oxygen atoms in total. The lowest BCUT2D eigenvalue weighted by molar-refractivity contribution is 0.0688. The number of aromatic nitrogens is 1. The van der Waals surface area contributed by atoms with E-state index in [0.29, 0.717) is 0 Å². The highest BCUT2D eigenvalue weighted by molar-refractivity contribution is 5.92. The van der Waals surface area contributed by atoms with Crippen molar-refractivity contribution in [2.45, 2.75) is 0 Å². The molecule has 0 aliphatic carbocycles. The molecule has 0 radical (unpaired) electrons. The van der Waals surface area contributed by atoms with E-state index in [9.17, 15) is 9.59 Å². The Balaban J connectivity index is 2.99. The number of carboxylic acids is 2. The van der Waals surface area contributed by atoms with Gasteiger partial charge in [0.05, 0.1) is 5.56 Å². The zero-order chi connectivity index (χ0) is 8.43. The number of nitrogens with one attached hydrogen (secondary N) is 1. The fourth-order valence-electron chi connectivity index (χ4n) is 0.641. The molecule has 0 aromatic carbocycles. The van der Waals surface area contributed by atoms with Gasteiger partial charge in [0.2, 0.25) is 0 Å². The van der Waals surface area contributed by atoms with Crippen LogP contribution in [-0.4, -0.2) is 27.1 Å². The SMILES string of the molecule is O=C(O)c1c[nH]c(C(=O)O)c1. The predicted molar refractivity (Wildman–Crippen MR) is 34.7 cm³/mol. The monoisotopic (exact) mass is 155 g/mol. The molecule has 0 saturated heterocycles. The van der Waals surface area contributed by atoms with Crippen molar-refractivity contribution in [1.82, 2.24) is 4.98 Å². The minimum absolute atomic E-state index is 0.0533. The van der Waals surface area contributed by atoms with Crippen LogP contribution in [0.3, 0.4) is 0 Å². The summed E-state index contributed by atoms with van der Waals surface area (Å²) in [6, 6.07) is 1.06. The second kappa shape index (κ2) is 2.45. The van der Waals surface area contributed by atoms with Crippen LogP contribution >= 0.6 is 0 Å². The molecule has 0 spiro atoms. The molecule has 0 aliphatic rings. The summed E-state index contributed by atoms with van der Waals surface area (Å²) < 4.78 is 0. The van der Waals surface area contributed by atoms with E-state index in [1.54, 1.807) is 0 Å². The summed E-state index contributed by atoms with van der Waals surface area (Å²) in [5.41, 5.74) is -0.176. The van der Waals surface area contributed by atoms with Gasteiger partial charge in [-0.1, -0.05) is 0 Å². The van der Waals surface area contributed by atoms with Gasteiger partial charge >= 0.3 is 11.9 Å². The predicted octanol–water partition coefficient (Wildman–Crippen LogP) is 0.411. The highest BCUT2D eigenvalue weighted by atomic mass is 16.4. The van der Waals surface area contributed by atoms with Crippen molar-refractivity contribution in [1.29, 1.82) is 0 Å². The molecule has 11 heavy (non-hydrogen) atoms. The van der Waals surface area contributed by atoms with E-state index in [1.165, 1.54) is 0 Å². The van der Waals surface area contributed by atoms with Crippen molar-refractivity contribution < 1.29 is 19.8 Å². The van der Waals surface area contributed by atoms with Crippen LogP contribution in [0.4, 0.5) is 0 Å². The molecular formula is C6H5NO4. The smallest absolute Gasteiger partial charge is 0.352 e. The molecule has 1 aromatic rings. The number of hydrogen-bond acceptors (Lipinski definition) is 2. The maximum Gasteiger partial charge on any atom is 0.352 e. The zero-order valence-electron chi connectivity index (χ0n) is 5.37. The number of carbonyl (C=O) groups is 2. The first-order valence-corrected chi connectivity index (χ1v) is 2.76. The van der Waals surface area contributed by atoms with Gasteiger partial charge in [-0.15, -0.1) is 0 Å². The standard InChI is InChI=1S/C6H5NO4/c8-5(9)3-1-4(6(10)11)7-2-3/h1-2,7H,(H,8,9)(H,10,11). The van der Waals surface area contributed by atoms with Gasteiger partial charge < -0.3 is 15.2 Å². The summed E-state index contributed by atoms with van der Waals surface area (Å²) in [4.78, 5) is 22.7. The minimum atomic E-state index is -1.17. The van der Waals surface area contributed by atoms with Crippen LogP contribution in [0, 0.1) is 0 Å². The molecule has 0 aliphatic heterocycles. The van der Waals surface area contributed by atoms with Gasteiger partial charge in [0.25, 0.3) is 0 Å². The van der Waals surface area contributed by atoms with Crippen LogP contribution < -0.4 is 0 Å². The molecule has 0 bridgehead atoms. The van der Waals surface area contributed by atoms with E-state index in [2.05, 4.69) is 4.98 Å². The van der Waals surface area contributed by atoms with Gasteiger partial charge in [-0.3, -0.25) is 0 Å². The lowest BCUT2D eigenvalue weighted by Crippen LogP contribution is -1.96. The van der Waals surface area contributed by atoms with Crippen molar-refractivity contribution in [3.8, 4) is 0 Å². The Morgan fingerprint density at radius 3 is 2.18 bits per heavy atom. The largest absolute Gasteiger partial charge is 0.478 e. The molecule has 1 aromatic heterocycles. The van der Waals surface area contributed by atoms with Crippen LogP contribution in [-0.2, 0) is 0 Å². The normalized spacial score (nSPS) is 9.45. The van der Waals surface area contributed by atoms with E-state index < -0.39 is 11.9 Å². The van der Waals surface area contributed by atoms with Gasteiger partial charge in [0.15, 0.2) is 0 Å². The fourth-order valence-corrected chi connectivity index (χ4v) is 0.641. The molecule has 0 fully saturated rings. The first-order chi connectivity index (χ1) is 5.11. The number of hydrogen-bond donors (Lipinski definition) is 3. The number of H-pyrrole nitrogens is 1. The Morgan fingerprint density at radius 2 is 1.91 bits per heavy atom. The van der Waals surface area contributed by atoms with E-state index in [-0.39, 0.29) is 11.3 Å². The quantitative estimate of drug-likeness (QED) is 0.576. The number of aromatic carboxylic acids is 2. The van der Waals surface area contributed by atoms with Gasteiger partial charge in [0, 0.05) is 6.20 Å². The van der Waals surface area contributed by atoms with Gasteiger partial charge in [-0.2, -0.15) is 0 Å². The minimum Gasteiger partial charge on any atom is -0.478 e. The summed E-state index contributed by atoms with van der Waals surface area (Å²) in [6.45, 7) is 0. The van der Waals surface area contributed by atoms with Gasteiger partial charge in [-0.25, -0.2) is 9.59 Å². The van der Waals surface area contributed by atoms with Crippen LogP contribution in [0.5, 0.6) is 0 Å². The molecular weight excluding hydrogens is 150 g/mol. The molecule has 1 rings (SSSR count). The highest BCUT2D eigenvalue weighted by Crippen LogP contribution is 2.02. The molecule has 0 unspecified atom stereocenters. The first kappa shape index (κ1) is 7.33. The van der Waals surface area contributed by atoms with Crippen molar-refractivity contribution in [2.24, 2.45) is 0 Å². The molecule has 3 N–H and O–H groups in total.